The van der Waals surface area contributed by atoms with Gasteiger partial charge >= 0.3 is 0 Å². The number of Topliss-reactive ketones (excluding diaryl/α,β-unsaturated/α-hetero) is 1. The Bertz CT molecular complexity index is 269. The molecule has 3 nitrogen and oxygen atoms in total. The second kappa shape index (κ2) is 4.38. The Hall–Kier alpha value is -1.51. The predicted molar refractivity (Wildman–Crippen MR) is 43.6 cm³/mol. The molecule has 0 N–H and O–H groups in total. The Kier molecular flexibility index (Phi) is 3.14. The lowest BCUT2D eigenvalue weighted by Crippen LogP contribution is -2.02. The van der Waals surface area contributed by atoms with Crippen molar-refractivity contribution in [3.63, 3.8) is 0 Å². The van der Waals surface area contributed by atoms with E-state index in [0.717, 1.165) is 5.56 Å². The topological polar surface area (TPSA) is 47.0 Å². The van der Waals surface area contributed by atoms with Gasteiger partial charge in [-0.3, -0.25) is 9.78 Å². The molecule has 0 saturated heterocycles. The Morgan fingerprint density at radius 2 is 2.42 bits per heavy atom. The van der Waals surface area contributed by atoms with E-state index in [-0.39, 0.29) is 12.2 Å². The molecule has 0 saturated carbocycles. The normalized spacial score (nSPS) is 9.33. The van der Waals surface area contributed by atoms with Gasteiger partial charge < -0.3 is 4.79 Å². The highest BCUT2D eigenvalue weighted by atomic mass is 16.1. The van der Waals surface area contributed by atoms with Gasteiger partial charge in [0.2, 0.25) is 0 Å². The molecule has 3 heteroatoms. The number of rotatable bonds is 4. The molecule has 0 atom stereocenters. The third-order valence-electron chi connectivity index (χ3n) is 1.44. The van der Waals surface area contributed by atoms with Crippen LogP contribution in [-0.2, 0) is 16.0 Å². The summed E-state index contributed by atoms with van der Waals surface area (Å²) in [4.78, 5) is 24.8. The Morgan fingerprint density at radius 3 is 3.00 bits per heavy atom. The van der Waals surface area contributed by atoms with Crippen molar-refractivity contribution in [2.75, 3.05) is 0 Å². The summed E-state index contributed by atoms with van der Waals surface area (Å²) in [5.74, 6) is -0.0713. The maximum atomic E-state index is 11.0. The number of nitrogens with zero attached hydrogens (tertiary/aromatic N) is 1. The molecule has 12 heavy (non-hydrogen) atoms. The second-order valence-corrected chi connectivity index (χ2v) is 2.45. The maximum absolute atomic E-state index is 11.0. The van der Waals surface area contributed by atoms with Gasteiger partial charge in [0, 0.05) is 18.8 Å². The third-order valence-corrected chi connectivity index (χ3v) is 1.44. The van der Waals surface area contributed by atoms with Gasteiger partial charge in [0.15, 0.2) is 0 Å². The van der Waals surface area contributed by atoms with Crippen LogP contribution in [0.5, 0.6) is 0 Å². The van der Waals surface area contributed by atoms with E-state index >= 15 is 0 Å². The summed E-state index contributed by atoms with van der Waals surface area (Å²) in [6.07, 6.45) is 4.19. The standard InChI is InChI=1S/C9H9NO2/c11-5-3-9(12)6-8-2-1-4-10-7-8/h1-2,4-5,7H,3,6H2. The molecule has 62 valence electrons. The molecule has 1 rings (SSSR count). The highest BCUT2D eigenvalue weighted by Crippen LogP contribution is 1.98. The van der Waals surface area contributed by atoms with Crippen LogP contribution >= 0.6 is 0 Å². The van der Waals surface area contributed by atoms with Crippen LogP contribution in [0.3, 0.4) is 0 Å². The third kappa shape index (κ3) is 2.62. The van der Waals surface area contributed by atoms with Crippen molar-refractivity contribution in [3.05, 3.63) is 30.1 Å². The Balaban J connectivity index is 2.52. The van der Waals surface area contributed by atoms with E-state index in [1.165, 1.54) is 0 Å². The summed E-state index contributed by atoms with van der Waals surface area (Å²) in [5.41, 5.74) is 0.851. The Labute approximate surface area is 70.4 Å². The fourth-order valence-electron chi connectivity index (χ4n) is 0.895. The van der Waals surface area contributed by atoms with E-state index in [0.29, 0.717) is 12.7 Å². The molecule has 0 unspecified atom stereocenters. The fourth-order valence-corrected chi connectivity index (χ4v) is 0.895. The van der Waals surface area contributed by atoms with Gasteiger partial charge in [0.25, 0.3) is 0 Å². The number of pyridine rings is 1. The van der Waals surface area contributed by atoms with Crippen molar-refractivity contribution >= 4 is 12.1 Å². The summed E-state index contributed by atoms with van der Waals surface area (Å²) in [6, 6.07) is 3.58. The molecule has 1 aromatic rings. The zero-order valence-corrected chi connectivity index (χ0v) is 6.56. The average molecular weight is 163 g/mol. The van der Waals surface area contributed by atoms with Crippen molar-refractivity contribution in [1.29, 1.82) is 0 Å². The number of ketones is 1. The first kappa shape index (κ1) is 8.59. The van der Waals surface area contributed by atoms with Crippen LogP contribution < -0.4 is 0 Å². The summed E-state index contributed by atoms with van der Waals surface area (Å²) >= 11 is 0. The smallest absolute Gasteiger partial charge is 0.144 e. The molecule has 0 aromatic carbocycles. The lowest BCUT2D eigenvalue weighted by Gasteiger charge is -1.95. The molecule has 0 aliphatic heterocycles. The first-order valence-corrected chi connectivity index (χ1v) is 3.67. The van der Waals surface area contributed by atoms with E-state index < -0.39 is 0 Å². The second-order valence-electron chi connectivity index (χ2n) is 2.45. The number of hydrogen-bond acceptors (Lipinski definition) is 3. The number of aromatic nitrogens is 1. The summed E-state index contributed by atoms with van der Waals surface area (Å²) in [6.45, 7) is 0. The largest absolute Gasteiger partial charge is 0.303 e. The molecule has 0 radical (unpaired) electrons. The molecule has 0 amide bonds. The highest BCUT2D eigenvalue weighted by molar-refractivity contribution is 5.91. The van der Waals surface area contributed by atoms with Gasteiger partial charge in [-0.1, -0.05) is 6.07 Å². The fraction of sp³-hybridized carbons (Fsp3) is 0.222. The number of carbonyl (C=O) groups excluding carboxylic acids is 2. The van der Waals surface area contributed by atoms with E-state index in [9.17, 15) is 9.59 Å². The van der Waals surface area contributed by atoms with Crippen molar-refractivity contribution in [2.45, 2.75) is 12.8 Å². The first-order valence-electron chi connectivity index (χ1n) is 3.67. The van der Waals surface area contributed by atoms with E-state index in [1.54, 1.807) is 18.5 Å². The SMILES string of the molecule is O=CCC(=O)Cc1cccnc1. The quantitative estimate of drug-likeness (QED) is 0.486. The van der Waals surface area contributed by atoms with Crippen molar-refractivity contribution in [2.24, 2.45) is 0 Å². The molecular formula is C9H9NO2. The zero-order valence-electron chi connectivity index (χ0n) is 6.56. The van der Waals surface area contributed by atoms with Crippen LogP contribution in [0.1, 0.15) is 12.0 Å². The average Bonchev–Trinajstić information content (AvgIpc) is 2.06. The van der Waals surface area contributed by atoms with E-state index in [1.807, 2.05) is 6.07 Å². The van der Waals surface area contributed by atoms with E-state index in [2.05, 4.69) is 4.98 Å². The van der Waals surface area contributed by atoms with Crippen LogP contribution in [0, 0.1) is 0 Å². The minimum Gasteiger partial charge on any atom is -0.303 e. The van der Waals surface area contributed by atoms with Crippen molar-refractivity contribution < 1.29 is 9.59 Å². The molecule has 0 aliphatic carbocycles. The van der Waals surface area contributed by atoms with Gasteiger partial charge in [-0.2, -0.15) is 0 Å². The van der Waals surface area contributed by atoms with Crippen LogP contribution in [-0.4, -0.2) is 17.1 Å². The first-order chi connectivity index (χ1) is 5.83. The lowest BCUT2D eigenvalue weighted by atomic mass is 10.1. The Morgan fingerprint density at radius 1 is 1.58 bits per heavy atom. The van der Waals surface area contributed by atoms with Gasteiger partial charge in [-0.25, -0.2) is 0 Å². The van der Waals surface area contributed by atoms with Crippen molar-refractivity contribution in [1.82, 2.24) is 4.98 Å². The van der Waals surface area contributed by atoms with Crippen molar-refractivity contribution in [3.8, 4) is 0 Å². The maximum Gasteiger partial charge on any atom is 0.144 e. The minimum atomic E-state index is -0.0713. The van der Waals surface area contributed by atoms with Crippen LogP contribution in [0.15, 0.2) is 24.5 Å². The predicted octanol–water partition coefficient (Wildman–Crippen LogP) is 0.782. The number of hydrogen-bond donors (Lipinski definition) is 0. The highest BCUT2D eigenvalue weighted by Gasteiger charge is 2.01. The molecule has 0 spiro atoms. The van der Waals surface area contributed by atoms with Crippen LogP contribution in [0.2, 0.25) is 0 Å². The number of aldehydes is 1. The van der Waals surface area contributed by atoms with E-state index in [4.69, 9.17) is 0 Å². The molecule has 0 bridgehead atoms. The molecular weight excluding hydrogens is 154 g/mol. The van der Waals surface area contributed by atoms with Gasteiger partial charge in [-0.05, 0) is 11.6 Å². The summed E-state index contributed by atoms with van der Waals surface area (Å²) in [7, 11) is 0. The zero-order chi connectivity index (χ0) is 8.81. The monoisotopic (exact) mass is 163 g/mol. The van der Waals surface area contributed by atoms with Gasteiger partial charge in [-0.15, -0.1) is 0 Å². The van der Waals surface area contributed by atoms with Crippen LogP contribution in [0.4, 0.5) is 0 Å². The number of carbonyl (C=O) groups is 2. The van der Waals surface area contributed by atoms with Gasteiger partial charge in [0.05, 0.1) is 6.42 Å². The summed E-state index contributed by atoms with van der Waals surface area (Å²) < 4.78 is 0. The van der Waals surface area contributed by atoms with Crippen LogP contribution in [0.25, 0.3) is 0 Å². The molecule has 1 heterocycles. The lowest BCUT2D eigenvalue weighted by molar-refractivity contribution is -0.121. The molecule has 0 aliphatic rings. The molecule has 1 aromatic heterocycles. The van der Waals surface area contributed by atoms with Gasteiger partial charge in [0.1, 0.15) is 12.1 Å². The molecule has 0 fully saturated rings. The minimum absolute atomic E-state index is 0.00507. The summed E-state index contributed by atoms with van der Waals surface area (Å²) in [5, 5.41) is 0.